The highest BCUT2D eigenvalue weighted by molar-refractivity contribution is 5.86. The summed E-state index contributed by atoms with van der Waals surface area (Å²) in [6.07, 6.45) is -2.01. The van der Waals surface area contributed by atoms with Crippen molar-refractivity contribution in [1.82, 2.24) is 15.5 Å². The van der Waals surface area contributed by atoms with E-state index in [0.29, 0.717) is 12.8 Å². The monoisotopic (exact) mass is 555 g/mol. The van der Waals surface area contributed by atoms with E-state index >= 15 is 0 Å². The maximum Gasteiger partial charge on any atom is 0.407 e. The van der Waals surface area contributed by atoms with E-state index in [0.717, 1.165) is 16.0 Å². The molecule has 3 amide bonds. The zero-order chi connectivity index (χ0) is 30.1. The van der Waals surface area contributed by atoms with E-state index in [1.54, 1.807) is 41.5 Å². The van der Waals surface area contributed by atoms with Crippen LogP contribution >= 0.6 is 0 Å². The summed E-state index contributed by atoms with van der Waals surface area (Å²) < 4.78 is 5.46. The van der Waals surface area contributed by atoms with Crippen molar-refractivity contribution in [2.24, 2.45) is 5.41 Å². The van der Waals surface area contributed by atoms with Crippen molar-refractivity contribution in [3.05, 3.63) is 71.8 Å². The molecule has 0 aliphatic rings. The van der Waals surface area contributed by atoms with Crippen molar-refractivity contribution in [2.45, 2.75) is 90.6 Å². The Hall–Kier alpha value is -3.59. The summed E-state index contributed by atoms with van der Waals surface area (Å²) in [5.41, 5.74) is 0.468. The summed E-state index contributed by atoms with van der Waals surface area (Å²) in [6, 6.07) is 16.8. The van der Waals surface area contributed by atoms with Crippen molar-refractivity contribution >= 4 is 18.1 Å². The number of carbonyl (C=O) groups excluding carboxylic acids is 2. The number of carbonyl (C=O) groups is 3. The zero-order valence-corrected chi connectivity index (χ0v) is 24.7. The summed E-state index contributed by atoms with van der Waals surface area (Å²) in [7, 11) is 1.36. The van der Waals surface area contributed by atoms with Gasteiger partial charge in [-0.25, -0.2) is 9.59 Å². The molecule has 2 aromatic rings. The molecule has 220 valence electrons. The number of amides is 3. The Kier molecular flexibility index (Phi) is 11.5. The molecular formula is C31H45N3O6. The average molecular weight is 556 g/mol. The molecule has 9 heteroatoms. The number of rotatable bonds is 11. The van der Waals surface area contributed by atoms with Gasteiger partial charge in [-0.15, -0.1) is 0 Å². The van der Waals surface area contributed by atoms with Crippen LogP contribution in [0, 0.1) is 5.41 Å². The summed E-state index contributed by atoms with van der Waals surface area (Å²) in [6.45, 7) is 10.7. The second-order valence-corrected chi connectivity index (χ2v) is 12.3. The molecule has 0 aliphatic carbocycles. The van der Waals surface area contributed by atoms with Gasteiger partial charge in [-0.2, -0.15) is 0 Å². The lowest BCUT2D eigenvalue weighted by Crippen LogP contribution is -2.58. The fourth-order valence-electron chi connectivity index (χ4n) is 4.70. The first-order chi connectivity index (χ1) is 18.6. The maximum atomic E-state index is 13.5. The third-order valence-corrected chi connectivity index (χ3v) is 6.42. The molecule has 0 bridgehead atoms. The Bertz CT molecular complexity index is 1100. The number of hydrogen-bond donors (Lipinski definition) is 4. The second kappa shape index (κ2) is 14.2. The van der Waals surface area contributed by atoms with Crippen LogP contribution in [0.3, 0.4) is 0 Å². The predicted molar refractivity (Wildman–Crippen MR) is 155 cm³/mol. The molecule has 0 aliphatic heterocycles. The summed E-state index contributed by atoms with van der Waals surface area (Å²) >= 11 is 0. The molecule has 4 N–H and O–H groups in total. The average Bonchev–Trinajstić information content (AvgIpc) is 2.82. The molecule has 0 saturated heterocycles. The first-order valence-electron chi connectivity index (χ1n) is 13.6. The fraction of sp³-hybridized carbons (Fsp3) is 0.516. The molecular weight excluding hydrogens is 510 g/mol. The van der Waals surface area contributed by atoms with Gasteiger partial charge in [-0.05, 0) is 56.6 Å². The summed E-state index contributed by atoms with van der Waals surface area (Å²) in [5.74, 6) is -0.503. The van der Waals surface area contributed by atoms with E-state index in [4.69, 9.17) is 4.74 Å². The zero-order valence-electron chi connectivity index (χ0n) is 24.7. The summed E-state index contributed by atoms with van der Waals surface area (Å²) in [5, 5.41) is 26.9. The first kappa shape index (κ1) is 32.6. The van der Waals surface area contributed by atoms with Crippen molar-refractivity contribution in [2.75, 3.05) is 7.05 Å². The van der Waals surface area contributed by atoms with Gasteiger partial charge in [0.25, 0.3) is 0 Å². The molecule has 0 aromatic heterocycles. The molecule has 0 radical (unpaired) electrons. The van der Waals surface area contributed by atoms with Gasteiger partial charge in [0, 0.05) is 13.1 Å². The Morgan fingerprint density at radius 1 is 0.850 bits per heavy atom. The molecule has 0 heterocycles. The molecule has 40 heavy (non-hydrogen) atoms. The standard InChI is InChI=1S/C31H45N3O6/c1-30(2,3)26(34(7)29(38)39)27(36)33-24(19-22-16-12-9-13-17-22)25(35)20-23(18-21-14-10-8-11-15-21)32-28(37)40-31(4,5)6/h8-17,23-26,35H,18-20H2,1-7H3,(H,32,37)(H,33,36)(H,38,39)/t23-,24-,25-,26+/m0/s1. The molecule has 0 unspecified atom stereocenters. The van der Waals surface area contributed by atoms with Gasteiger partial charge >= 0.3 is 12.2 Å². The Morgan fingerprint density at radius 3 is 1.80 bits per heavy atom. The highest BCUT2D eigenvalue weighted by atomic mass is 16.6. The third-order valence-electron chi connectivity index (χ3n) is 6.42. The smallest absolute Gasteiger partial charge is 0.407 e. The number of carboxylic acid groups (broad SMARTS) is 1. The molecule has 9 nitrogen and oxygen atoms in total. The van der Waals surface area contributed by atoms with E-state index in [2.05, 4.69) is 10.6 Å². The lowest BCUT2D eigenvalue weighted by Gasteiger charge is -2.37. The number of hydrogen-bond acceptors (Lipinski definition) is 5. The Balaban J connectivity index is 2.34. The third kappa shape index (κ3) is 10.9. The predicted octanol–water partition coefficient (Wildman–Crippen LogP) is 4.63. The van der Waals surface area contributed by atoms with Gasteiger partial charge in [0.2, 0.25) is 5.91 Å². The van der Waals surface area contributed by atoms with E-state index in [-0.39, 0.29) is 6.42 Å². The van der Waals surface area contributed by atoms with Crippen LogP contribution in [0.5, 0.6) is 0 Å². The largest absolute Gasteiger partial charge is 0.465 e. The van der Waals surface area contributed by atoms with E-state index in [1.165, 1.54) is 7.05 Å². The van der Waals surface area contributed by atoms with Gasteiger partial charge in [-0.1, -0.05) is 81.4 Å². The minimum Gasteiger partial charge on any atom is -0.465 e. The van der Waals surface area contributed by atoms with Crippen LogP contribution < -0.4 is 10.6 Å². The molecule has 2 rings (SSSR count). The Morgan fingerprint density at radius 2 is 1.35 bits per heavy atom. The lowest BCUT2D eigenvalue weighted by atomic mass is 9.84. The topological polar surface area (TPSA) is 128 Å². The minimum atomic E-state index is -1.22. The van der Waals surface area contributed by atoms with Gasteiger partial charge in [0.15, 0.2) is 0 Å². The number of aliphatic hydroxyl groups excluding tert-OH is 1. The molecule has 0 spiro atoms. The highest BCUT2D eigenvalue weighted by Gasteiger charge is 2.39. The van der Waals surface area contributed by atoms with Gasteiger partial charge in [-0.3, -0.25) is 9.69 Å². The Labute approximate surface area is 237 Å². The summed E-state index contributed by atoms with van der Waals surface area (Å²) in [4.78, 5) is 39.0. The van der Waals surface area contributed by atoms with Crippen molar-refractivity contribution in [3.8, 4) is 0 Å². The van der Waals surface area contributed by atoms with Crippen LogP contribution in [0.4, 0.5) is 9.59 Å². The second-order valence-electron chi connectivity index (χ2n) is 12.3. The number of aliphatic hydroxyl groups is 1. The van der Waals surface area contributed by atoms with Crippen LogP contribution in [-0.2, 0) is 22.4 Å². The number of nitrogens with one attached hydrogen (secondary N) is 2. The normalized spacial score (nSPS) is 14.8. The van der Waals surface area contributed by atoms with E-state index < -0.39 is 53.3 Å². The van der Waals surface area contributed by atoms with Crippen LogP contribution in [0.2, 0.25) is 0 Å². The highest BCUT2D eigenvalue weighted by Crippen LogP contribution is 2.25. The van der Waals surface area contributed by atoms with Crippen molar-refractivity contribution < 1.29 is 29.3 Å². The molecule has 2 aromatic carbocycles. The maximum absolute atomic E-state index is 13.5. The number of likely N-dealkylation sites (N-methyl/N-ethyl adjacent to an activating group) is 1. The number of nitrogens with zero attached hydrogens (tertiary/aromatic N) is 1. The van der Waals surface area contributed by atoms with E-state index in [9.17, 15) is 24.6 Å². The minimum absolute atomic E-state index is 0.126. The van der Waals surface area contributed by atoms with Crippen LogP contribution in [0.1, 0.15) is 59.1 Å². The quantitative estimate of drug-likeness (QED) is 0.320. The fourth-order valence-corrected chi connectivity index (χ4v) is 4.70. The number of alkyl carbamates (subject to hydrolysis) is 1. The van der Waals surface area contributed by atoms with Gasteiger partial charge in [0.1, 0.15) is 11.6 Å². The lowest BCUT2D eigenvalue weighted by molar-refractivity contribution is -0.130. The van der Waals surface area contributed by atoms with Crippen LogP contribution in [0.15, 0.2) is 60.7 Å². The number of benzene rings is 2. The van der Waals surface area contributed by atoms with Crippen LogP contribution in [0.25, 0.3) is 0 Å². The van der Waals surface area contributed by atoms with Crippen molar-refractivity contribution in [3.63, 3.8) is 0 Å². The van der Waals surface area contributed by atoms with E-state index in [1.807, 2.05) is 60.7 Å². The SMILES string of the molecule is CN(C(=O)O)[C@H](C(=O)N[C@@H](Cc1ccccc1)[C@@H](O)C[C@H](Cc1ccccc1)NC(=O)OC(C)(C)C)C(C)(C)C. The molecule has 0 saturated carbocycles. The number of ether oxygens (including phenoxy) is 1. The van der Waals surface area contributed by atoms with Crippen molar-refractivity contribution in [1.29, 1.82) is 0 Å². The van der Waals surface area contributed by atoms with Gasteiger partial charge < -0.3 is 25.6 Å². The first-order valence-corrected chi connectivity index (χ1v) is 13.6. The van der Waals surface area contributed by atoms with Gasteiger partial charge in [0.05, 0.1) is 12.1 Å². The molecule has 0 fully saturated rings. The van der Waals surface area contributed by atoms with Crippen LogP contribution in [-0.4, -0.2) is 70.1 Å². The molecule has 4 atom stereocenters.